The van der Waals surface area contributed by atoms with E-state index >= 15 is 0 Å². The van der Waals surface area contributed by atoms with Gasteiger partial charge in [-0.3, -0.25) is 0 Å². The highest BCUT2D eigenvalue weighted by Crippen LogP contribution is 2.32. The number of aromatic carboxylic acids is 1. The molecule has 1 heterocycles. The molecule has 0 aromatic heterocycles. The maximum absolute atomic E-state index is 10.8. The summed E-state index contributed by atoms with van der Waals surface area (Å²) < 4.78 is 0. The van der Waals surface area contributed by atoms with E-state index in [9.17, 15) is 4.79 Å². The SMILES string of the molecule is CCN1c2ccc(C(=O)O)cc2CC1C. The molecule has 1 aliphatic rings. The van der Waals surface area contributed by atoms with Gasteiger partial charge in [-0.1, -0.05) is 0 Å². The van der Waals surface area contributed by atoms with Gasteiger partial charge < -0.3 is 10.0 Å². The summed E-state index contributed by atoms with van der Waals surface area (Å²) in [5.41, 5.74) is 2.73. The van der Waals surface area contributed by atoms with Crippen LogP contribution in [0.5, 0.6) is 0 Å². The fourth-order valence-electron chi connectivity index (χ4n) is 2.31. The molecule has 1 aliphatic heterocycles. The van der Waals surface area contributed by atoms with E-state index in [1.165, 1.54) is 5.69 Å². The first-order valence-electron chi connectivity index (χ1n) is 5.26. The van der Waals surface area contributed by atoms with Crippen LogP contribution in [0.15, 0.2) is 18.2 Å². The van der Waals surface area contributed by atoms with E-state index in [-0.39, 0.29) is 0 Å². The Hall–Kier alpha value is -1.51. The van der Waals surface area contributed by atoms with Crippen molar-refractivity contribution in [2.45, 2.75) is 26.3 Å². The summed E-state index contributed by atoms with van der Waals surface area (Å²) >= 11 is 0. The molecule has 0 bridgehead atoms. The second kappa shape index (κ2) is 3.57. The van der Waals surface area contributed by atoms with Crippen LogP contribution in [0, 0.1) is 0 Å². The highest BCUT2D eigenvalue weighted by atomic mass is 16.4. The van der Waals surface area contributed by atoms with Crippen molar-refractivity contribution in [3.8, 4) is 0 Å². The average molecular weight is 205 g/mol. The van der Waals surface area contributed by atoms with Crippen LogP contribution >= 0.6 is 0 Å². The molecular formula is C12H15NO2. The molecule has 3 heteroatoms. The molecule has 3 nitrogen and oxygen atoms in total. The Balaban J connectivity index is 2.41. The normalized spacial score (nSPS) is 19.1. The van der Waals surface area contributed by atoms with Crippen LogP contribution in [0.25, 0.3) is 0 Å². The molecule has 1 N–H and O–H groups in total. The van der Waals surface area contributed by atoms with E-state index in [4.69, 9.17) is 5.11 Å². The third-order valence-corrected chi connectivity index (χ3v) is 3.02. The molecular weight excluding hydrogens is 190 g/mol. The maximum Gasteiger partial charge on any atom is 0.335 e. The van der Waals surface area contributed by atoms with Crippen molar-refractivity contribution in [2.24, 2.45) is 0 Å². The third kappa shape index (κ3) is 1.58. The first kappa shape index (κ1) is 10.0. The number of carboxylic acids is 1. The van der Waals surface area contributed by atoms with Crippen LogP contribution in [-0.4, -0.2) is 23.7 Å². The van der Waals surface area contributed by atoms with Crippen LogP contribution in [0.1, 0.15) is 29.8 Å². The topological polar surface area (TPSA) is 40.5 Å². The van der Waals surface area contributed by atoms with Crippen molar-refractivity contribution in [2.75, 3.05) is 11.4 Å². The molecule has 1 aromatic carbocycles. The van der Waals surface area contributed by atoms with Crippen LogP contribution in [0.4, 0.5) is 5.69 Å². The summed E-state index contributed by atoms with van der Waals surface area (Å²) in [6.07, 6.45) is 0.949. The number of carboxylic acid groups (broad SMARTS) is 1. The van der Waals surface area contributed by atoms with Gasteiger partial charge in [-0.05, 0) is 44.0 Å². The predicted octanol–water partition coefficient (Wildman–Crippen LogP) is 2.16. The molecule has 0 radical (unpaired) electrons. The number of likely N-dealkylation sites (N-methyl/N-ethyl adjacent to an activating group) is 1. The smallest absolute Gasteiger partial charge is 0.335 e. The minimum absolute atomic E-state index is 0.388. The van der Waals surface area contributed by atoms with E-state index in [2.05, 4.69) is 18.7 Å². The second-order valence-electron chi connectivity index (χ2n) is 3.99. The van der Waals surface area contributed by atoms with Crippen molar-refractivity contribution in [1.82, 2.24) is 0 Å². The molecule has 0 spiro atoms. The number of benzene rings is 1. The lowest BCUT2D eigenvalue weighted by molar-refractivity contribution is 0.0697. The molecule has 80 valence electrons. The Morgan fingerprint density at radius 1 is 1.60 bits per heavy atom. The molecule has 2 rings (SSSR count). The zero-order valence-corrected chi connectivity index (χ0v) is 9.03. The number of rotatable bonds is 2. The first-order valence-corrected chi connectivity index (χ1v) is 5.26. The van der Waals surface area contributed by atoms with Crippen molar-refractivity contribution < 1.29 is 9.90 Å². The Labute approximate surface area is 89.3 Å². The molecule has 0 saturated heterocycles. The van der Waals surface area contributed by atoms with Gasteiger partial charge in [0, 0.05) is 18.3 Å². The fourth-order valence-corrected chi connectivity index (χ4v) is 2.31. The van der Waals surface area contributed by atoms with Crippen LogP contribution in [0.3, 0.4) is 0 Å². The zero-order chi connectivity index (χ0) is 11.0. The maximum atomic E-state index is 10.8. The molecule has 15 heavy (non-hydrogen) atoms. The quantitative estimate of drug-likeness (QED) is 0.804. The second-order valence-corrected chi connectivity index (χ2v) is 3.99. The number of fused-ring (bicyclic) bond motifs is 1. The summed E-state index contributed by atoms with van der Waals surface area (Å²) in [6.45, 7) is 5.27. The molecule has 0 amide bonds. The van der Waals surface area contributed by atoms with Gasteiger partial charge in [-0.2, -0.15) is 0 Å². The Morgan fingerprint density at radius 3 is 2.93 bits per heavy atom. The lowest BCUT2D eigenvalue weighted by Gasteiger charge is -2.22. The molecule has 1 atom stereocenters. The number of hydrogen-bond acceptors (Lipinski definition) is 2. The Kier molecular flexibility index (Phi) is 2.39. The van der Waals surface area contributed by atoms with Crippen molar-refractivity contribution >= 4 is 11.7 Å². The van der Waals surface area contributed by atoms with Gasteiger partial charge in [0.15, 0.2) is 0 Å². The summed E-state index contributed by atoms with van der Waals surface area (Å²) in [7, 11) is 0. The predicted molar refractivity (Wildman–Crippen MR) is 59.6 cm³/mol. The molecule has 0 saturated carbocycles. The third-order valence-electron chi connectivity index (χ3n) is 3.02. The summed E-state index contributed by atoms with van der Waals surface area (Å²) in [4.78, 5) is 13.1. The molecule has 0 fully saturated rings. The van der Waals surface area contributed by atoms with Gasteiger partial charge in [0.1, 0.15) is 0 Å². The van der Waals surface area contributed by atoms with E-state index in [0.29, 0.717) is 11.6 Å². The summed E-state index contributed by atoms with van der Waals surface area (Å²) in [5.74, 6) is -0.847. The van der Waals surface area contributed by atoms with E-state index in [0.717, 1.165) is 18.5 Å². The van der Waals surface area contributed by atoms with Crippen molar-refractivity contribution in [3.63, 3.8) is 0 Å². The first-order chi connectivity index (χ1) is 7.13. The van der Waals surface area contributed by atoms with Gasteiger partial charge in [-0.15, -0.1) is 0 Å². The summed E-state index contributed by atoms with van der Waals surface area (Å²) in [5, 5.41) is 8.89. The molecule has 1 unspecified atom stereocenters. The number of nitrogens with zero attached hydrogens (tertiary/aromatic N) is 1. The summed E-state index contributed by atoms with van der Waals surface area (Å²) in [6, 6.07) is 5.88. The van der Waals surface area contributed by atoms with Crippen molar-refractivity contribution in [1.29, 1.82) is 0 Å². The Bertz CT molecular complexity index is 401. The standard InChI is InChI=1S/C12H15NO2/c1-3-13-8(2)6-10-7-9(12(14)15)4-5-11(10)13/h4-5,7-8H,3,6H2,1-2H3,(H,14,15). The number of anilines is 1. The lowest BCUT2D eigenvalue weighted by Crippen LogP contribution is -2.28. The largest absolute Gasteiger partial charge is 0.478 e. The number of carbonyl (C=O) groups is 1. The lowest BCUT2D eigenvalue weighted by atomic mass is 10.1. The van der Waals surface area contributed by atoms with Gasteiger partial charge >= 0.3 is 5.97 Å². The fraction of sp³-hybridized carbons (Fsp3) is 0.417. The monoisotopic (exact) mass is 205 g/mol. The van der Waals surface area contributed by atoms with E-state index in [1.54, 1.807) is 12.1 Å². The van der Waals surface area contributed by atoms with Crippen molar-refractivity contribution in [3.05, 3.63) is 29.3 Å². The molecule has 1 aromatic rings. The zero-order valence-electron chi connectivity index (χ0n) is 9.03. The van der Waals surface area contributed by atoms with E-state index < -0.39 is 5.97 Å². The van der Waals surface area contributed by atoms with E-state index in [1.807, 2.05) is 6.07 Å². The minimum Gasteiger partial charge on any atom is -0.478 e. The van der Waals surface area contributed by atoms with Gasteiger partial charge in [-0.25, -0.2) is 4.79 Å². The van der Waals surface area contributed by atoms with Crippen LogP contribution < -0.4 is 4.90 Å². The average Bonchev–Trinajstić information content (AvgIpc) is 2.51. The van der Waals surface area contributed by atoms with Gasteiger partial charge in [0.25, 0.3) is 0 Å². The highest BCUT2D eigenvalue weighted by molar-refractivity contribution is 5.88. The number of hydrogen-bond donors (Lipinski definition) is 1. The molecule has 0 aliphatic carbocycles. The van der Waals surface area contributed by atoms with Gasteiger partial charge in [0.05, 0.1) is 5.56 Å². The minimum atomic E-state index is -0.847. The highest BCUT2D eigenvalue weighted by Gasteiger charge is 2.25. The Morgan fingerprint density at radius 2 is 2.33 bits per heavy atom. The van der Waals surface area contributed by atoms with Gasteiger partial charge in [0.2, 0.25) is 0 Å². The van der Waals surface area contributed by atoms with Crippen LogP contribution in [-0.2, 0) is 6.42 Å². The van der Waals surface area contributed by atoms with Crippen LogP contribution in [0.2, 0.25) is 0 Å².